The van der Waals surface area contributed by atoms with Gasteiger partial charge in [-0.3, -0.25) is 9.59 Å². The molecule has 0 spiro atoms. The number of carboxylic acid groups (broad SMARTS) is 1. The SMILES string of the molecule is CC(C)(C)OC(=O)N[C@H]1CCCCCC(F)(F)C[C@@H]2C[C@@]2(C(=O)O)NC(=O)[C@@H]2C[C@@H](O)CN2C1=O. The summed E-state index contributed by atoms with van der Waals surface area (Å²) in [6, 6.07) is -2.29. The normalized spacial score (nSPS) is 33.9. The second kappa shape index (κ2) is 9.87. The lowest BCUT2D eigenvalue weighted by molar-refractivity contribution is -0.146. The predicted molar refractivity (Wildman–Crippen MR) is 119 cm³/mol. The summed E-state index contributed by atoms with van der Waals surface area (Å²) < 4.78 is 34.3. The molecule has 35 heavy (non-hydrogen) atoms. The molecule has 0 unspecified atom stereocenters. The lowest BCUT2D eigenvalue weighted by Crippen LogP contribution is -2.56. The molecule has 0 aromatic heterocycles. The number of carboxylic acids is 1. The number of halogens is 2. The number of hydrogen-bond donors (Lipinski definition) is 4. The van der Waals surface area contributed by atoms with Crippen LogP contribution in [0.25, 0.3) is 0 Å². The molecular formula is C23H35F2N3O7. The van der Waals surface area contributed by atoms with E-state index in [1.54, 1.807) is 20.8 Å². The molecule has 198 valence electrons. The van der Waals surface area contributed by atoms with Crippen LogP contribution in [0.5, 0.6) is 0 Å². The number of rotatable bonds is 2. The number of aliphatic hydroxyl groups excluding tert-OH is 1. The Balaban J connectivity index is 1.86. The summed E-state index contributed by atoms with van der Waals surface area (Å²) in [6.07, 6.45) is -2.21. The molecule has 10 nitrogen and oxygen atoms in total. The minimum atomic E-state index is -3.09. The first kappa shape index (κ1) is 27.1. The lowest BCUT2D eigenvalue weighted by Gasteiger charge is -2.30. The number of ether oxygens (including phenoxy) is 1. The number of nitrogens with one attached hydrogen (secondary N) is 2. The number of carbonyl (C=O) groups is 4. The molecule has 0 bridgehead atoms. The minimum Gasteiger partial charge on any atom is -0.479 e. The van der Waals surface area contributed by atoms with Gasteiger partial charge in [0.25, 0.3) is 0 Å². The highest BCUT2D eigenvalue weighted by Crippen LogP contribution is 2.50. The third kappa shape index (κ3) is 6.59. The van der Waals surface area contributed by atoms with Crippen molar-refractivity contribution in [3.8, 4) is 0 Å². The predicted octanol–water partition coefficient (Wildman–Crippen LogP) is 1.79. The molecule has 3 amide bonds. The molecule has 0 radical (unpaired) electrons. The van der Waals surface area contributed by atoms with Gasteiger partial charge in [-0.25, -0.2) is 18.4 Å². The first-order chi connectivity index (χ1) is 16.1. The lowest BCUT2D eigenvalue weighted by atomic mass is 10.0. The van der Waals surface area contributed by atoms with Gasteiger partial charge >= 0.3 is 12.1 Å². The Morgan fingerprint density at radius 1 is 1.17 bits per heavy atom. The van der Waals surface area contributed by atoms with Gasteiger partial charge in [0.2, 0.25) is 17.7 Å². The Labute approximate surface area is 202 Å². The standard InChI is InChI=1S/C23H35F2N3O7/c1-21(2,3)35-20(34)26-15-7-5-4-6-8-22(24,25)10-13-11-23(13,19(32)33)27-17(30)16-9-14(29)12-28(16)18(15)31/h13-16,29H,4-12H2,1-3H3,(H,26,34)(H,27,30)(H,32,33)/t13-,14-,15+,16+,23-/m1/s1. The molecule has 0 aromatic carbocycles. The second-order valence-corrected chi connectivity index (χ2v) is 10.9. The van der Waals surface area contributed by atoms with Crippen LogP contribution in [0.3, 0.4) is 0 Å². The van der Waals surface area contributed by atoms with Gasteiger partial charge in [-0.1, -0.05) is 12.8 Å². The van der Waals surface area contributed by atoms with E-state index in [0.29, 0.717) is 12.8 Å². The largest absolute Gasteiger partial charge is 0.479 e. The van der Waals surface area contributed by atoms with Crippen molar-refractivity contribution >= 4 is 23.9 Å². The maximum atomic E-state index is 14.5. The van der Waals surface area contributed by atoms with E-state index in [1.165, 1.54) is 0 Å². The molecule has 2 aliphatic heterocycles. The average molecular weight is 504 g/mol. The smallest absolute Gasteiger partial charge is 0.408 e. The molecule has 1 saturated carbocycles. The van der Waals surface area contributed by atoms with Crippen molar-refractivity contribution in [3.05, 3.63) is 0 Å². The van der Waals surface area contributed by atoms with E-state index in [0.717, 1.165) is 4.90 Å². The summed E-state index contributed by atoms with van der Waals surface area (Å²) >= 11 is 0. The minimum absolute atomic E-state index is 0.129. The number of alkyl halides is 2. The maximum Gasteiger partial charge on any atom is 0.408 e. The van der Waals surface area contributed by atoms with E-state index in [4.69, 9.17) is 4.74 Å². The molecule has 3 rings (SSSR count). The number of hydrogen-bond acceptors (Lipinski definition) is 6. The number of alkyl carbamates (subject to hydrolysis) is 1. The van der Waals surface area contributed by atoms with Crippen LogP contribution >= 0.6 is 0 Å². The fourth-order valence-electron chi connectivity index (χ4n) is 4.93. The van der Waals surface area contributed by atoms with Crippen LogP contribution in [0.15, 0.2) is 0 Å². The van der Waals surface area contributed by atoms with Gasteiger partial charge < -0.3 is 30.5 Å². The zero-order valence-corrected chi connectivity index (χ0v) is 20.3. The first-order valence-corrected chi connectivity index (χ1v) is 12.0. The molecule has 2 saturated heterocycles. The van der Waals surface area contributed by atoms with Crippen molar-refractivity contribution in [3.63, 3.8) is 0 Å². The van der Waals surface area contributed by atoms with Crippen LogP contribution in [0.2, 0.25) is 0 Å². The number of aliphatic hydroxyl groups is 1. The molecule has 3 fully saturated rings. The molecule has 0 aromatic rings. The van der Waals surface area contributed by atoms with Gasteiger partial charge in [0.15, 0.2) is 0 Å². The molecule has 1 aliphatic carbocycles. The zero-order chi connectivity index (χ0) is 26.2. The Morgan fingerprint density at radius 3 is 2.49 bits per heavy atom. The highest BCUT2D eigenvalue weighted by Gasteiger charge is 2.64. The average Bonchev–Trinajstić information content (AvgIpc) is 3.22. The number of amides is 3. The molecule has 4 N–H and O–H groups in total. The summed E-state index contributed by atoms with van der Waals surface area (Å²) in [6.45, 7) is 4.80. The Morgan fingerprint density at radius 2 is 1.86 bits per heavy atom. The van der Waals surface area contributed by atoms with Crippen molar-refractivity contribution in [2.45, 2.75) is 107 Å². The van der Waals surface area contributed by atoms with Crippen molar-refractivity contribution in [2.75, 3.05) is 6.54 Å². The van der Waals surface area contributed by atoms with E-state index in [1.807, 2.05) is 0 Å². The monoisotopic (exact) mass is 503 g/mol. The van der Waals surface area contributed by atoms with Crippen molar-refractivity contribution in [1.82, 2.24) is 15.5 Å². The fraction of sp³-hybridized carbons (Fsp3) is 0.826. The third-order valence-electron chi connectivity index (χ3n) is 6.77. The Kier molecular flexibility index (Phi) is 7.64. The van der Waals surface area contributed by atoms with E-state index in [-0.39, 0.29) is 32.2 Å². The van der Waals surface area contributed by atoms with E-state index < -0.39 is 77.9 Å². The molecule has 5 atom stereocenters. The van der Waals surface area contributed by atoms with Crippen molar-refractivity contribution < 1.29 is 42.9 Å². The number of nitrogens with zero attached hydrogens (tertiary/aromatic N) is 1. The van der Waals surface area contributed by atoms with Crippen LogP contribution in [0.1, 0.15) is 72.1 Å². The molecule has 2 heterocycles. The zero-order valence-electron chi connectivity index (χ0n) is 20.3. The first-order valence-electron chi connectivity index (χ1n) is 12.0. The Bertz CT molecular complexity index is 863. The summed E-state index contributed by atoms with van der Waals surface area (Å²) in [7, 11) is 0. The van der Waals surface area contributed by atoms with Crippen LogP contribution < -0.4 is 10.6 Å². The number of fused-ring (bicyclic) bond motifs is 2. The second-order valence-electron chi connectivity index (χ2n) is 10.9. The van der Waals surface area contributed by atoms with Crippen LogP contribution in [-0.2, 0) is 19.1 Å². The van der Waals surface area contributed by atoms with Gasteiger partial charge in [0, 0.05) is 31.7 Å². The van der Waals surface area contributed by atoms with Gasteiger partial charge in [-0.05, 0) is 40.0 Å². The topological polar surface area (TPSA) is 145 Å². The van der Waals surface area contributed by atoms with Crippen LogP contribution in [0, 0.1) is 5.92 Å². The fourth-order valence-corrected chi connectivity index (χ4v) is 4.93. The molecule has 12 heteroatoms. The highest BCUT2D eigenvalue weighted by atomic mass is 19.3. The summed E-state index contributed by atoms with van der Waals surface area (Å²) in [4.78, 5) is 51.9. The Hall–Kier alpha value is -2.50. The quantitative estimate of drug-likeness (QED) is 0.450. The van der Waals surface area contributed by atoms with Crippen molar-refractivity contribution in [1.29, 1.82) is 0 Å². The maximum absolute atomic E-state index is 14.5. The van der Waals surface area contributed by atoms with E-state index in [2.05, 4.69) is 10.6 Å². The van der Waals surface area contributed by atoms with Crippen molar-refractivity contribution in [2.24, 2.45) is 5.92 Å². The van der Waals surface area contributed by atoms with Gasteiger partial charge in [0.1, 0.15) is 23.2 Å². The van der Waals surface area contributed by atoms with E-state index >= 15 is 0 Å². The number of carbonyl (C=O) groups excluding carboxylic acids is 3. The summed E-state index contributed by atoms with van der Waals surface area (Å²) in [5, 5.41) is 24.8. The third-order valence-corrected chi connectivity index (χ3v) is 6.77. The van der Waals surface area contributed by atoms with Gasteiger partial charge in [-0.15, -0.1) is 0 Å². The number of aliphatic carboxylic acids is 1. The highest BCUT2D eigenvalue weighted by molar-refractivity contribution is 5.95. The summed E-state index contributed by atoms with van der Waals surface area (Å²) in [5.74, 6) is -6.87. The van der Waals surface area contributed by atoms with Crippen LogP contribution in [-0.4, -0.2) is 80.8 Å². The van der Waals surface area contributed by atoms with E-state index in [9.17, 15) is 38.2 Å². The van der Waals surface area contributed by atoms with Gasteiger partial charge in [-0.2, -0.15) is 0 Å². The van der Waals surface area contributed by atoms with Gasteiger partial charge in [0.05, 0.1) is 6.10 Å². The molecule has 3 aliphatic rings. The summed E-state index contributed by atoms with van der Waals surface area (Å²) in [5.41, 5.74) is -2.64. The van der Waals surface area contributed by atoms with Crippen LogP contribution in [0.4, 0.5) is 13.6 Å². The molecular weight excluding hydrogens is 468 g/mol.